The van der Waals surface area contributed by atoms with E-state index in [2.05, 4.69) is 17.1 Å². The Hall–Kier alpha value is -0.480. The first-order valence-electron chi connectivity index (χ1n) is 4.88. The topological polar surface area (TPSA) is 51.8 Å². The zero-order valence-electron chi connectivity index (χ0n) is 8.12. The van der Waals surface area contributed by atoms with E-state index >= 15 is 0 Å². The second-order valence-electron chi connectivity index (χ2n) is 3.10. The molecule has 1 rings (SSSR count). The number of aryl methyl sites for hydroxylation is 1. The van der Waals surface area contributed by atoms with Crippen LogP contribution in [0.15, 0.2) is 0 Å². The second kappa shape index (κ2) is 6.05. The van der Waals surface area contributed by atoms with Crippen LogP contribution in [0.3, 0.4) is 0 Å². The molecule has 0 saturated heterocycles. The van der Waals surface area contributed by atoms with Gasteiger partial charge in [0.2, 0.25) is 0 Å². The lowest BCUT2D eigenvalue weighted by Gasteiger charge is -1.94. The Morgan fingerprint density at radius 1 is 1.15 bits per heavy atom. The third kappa shape index (κ3) is 3.83. The highest BCUT2D eigenvalue weighted by Gasteiger charge is 2.01. The molecule has 0 aliphatic carbocycles. The normalized spacial score (nSPS) is 10.6. The van der Waals surface area contributed by atoms with Gasteiger partial charge in [0.25, 0.3) is 0 Å². The van der Waals surface area contributed by atoms with E-state index in [4.69, 9.17) is 5.73 Å². The van der Waals surface area contributed by atoms with E-state index in [0.29, 0.717) is 6.54 Å². The van der Waals surface area contributed by atoms with Gasteiger partial charge in [-0.3, -0.25) is 0 Å². The molecule has 0 radical (unpaired) electrons. The van der Waals surface area contributed by atoms with Crippen molar-refractivity contribution in [3.05, 3.63) is 10.0 Å². The van der Waals surface area contributed by atoms with E-state index in [9.17, 15) is 0 Å². The number of hydrogen-bond donors (Lipinski definition) is 1. The molecule has 0 unspecified atom stereocenters. The summed E-state index contributed by atoms with van der Waals surface area (Å²) < 4.78 is 0. The molecule has 0 spiro atoms. The van der Waals surface area contributed by atoms with Crippen LogP contribution < -0.4 is 5.73 Å². The fourth-order valence-electron chi connectivity index (χ4n) is 1.17. The number of hydrogen-bond acceptors (Lipinski definition) is 4. The molecule has 74 valence electrons. The Bertz CT molecular complexity index is 235. The first-order valence-corrected chi connectivity index (χ1v) is 5.69. The molecule has 0 aliphatic heterocycles. The second-order valence-corrected chi connectivity index (χ2v) is 4.25. The van der Waals surface area contributed by atoms with Gasteiger partial charge in [-0.1, -0.05) is 26.2 Å². The summed E-state index contributed by atoms with van der Waals surface area (Å²) in [4.78, 5) is 0. The molecule has 3 nitrogen and oxygen atoms in total. The van der Waals surface area contributed by atoms with E-state index in [0.717, 1.165) is 16.4 Å². The lowest BCUT2D eigenvalue weighted by Crippen LogP contribution is -1.94. The van der Waals surface area contributed by atoms with Crippen LogP contribution in [0.5, 0.6) is 0 Å². The van der Waals surface area contributed by atoms with Crippen molar-refractivity contribution in [2.24, 2.45) is 5.73 Å². The lowest BCUT2D eigenvalue weighted by atomic mass is 10.2. The molecule has 0 atom stereocenters. The maximum absolute atomic E-state index is 5.45. The van der Waals surface area contributed by atoms with Crippen LogP contribution in [-0.2, 0) is 13.0 Å². The zero-order valence-corrected chi connectivity index (χ0v) is 8.94. The molecule has 1 aromatic heterocycles. The summed E-state index contributed by atoms with van der Waals surface area (Å²) in [7, 11) is 0. The van der Waals surface area contributed by atoms with Gasteiger partial charge in [0.15, 0.2) is 0 Å². The number of nitrogens with zero attached hydrogens (tertiary/aromatic N) is 2. The quantitative estimate of drug-likeness (QED) is 0.714. The van der Waals surface area contributed by atoms with Gasteiger partial charge < -0.3 is 5.73 Å². The molecule has 1 aromatic rings. The van der Waals surface area contributed by atoms with E-state index in [1.54, 1.807) is 11.3 Å². The van der Waals surface area contributed by atoms with Crippen molar-refractivity contribution in [3.8, 4) is 0 Å². The largest absolute Gasteiger partial charge is 0.324 e. The number of nitrogens with two attached hydrogens (primary N) is 1. The molecule has 0 saturated carbocycles. The summed E-state index contributed by atoms with van der Waals surface area (Å²) in [6.07, 6.45) is 6.20. The van der Waals surface area contributed by atoms with Crippen molar-refractivity contribution in [1.82, 2.24) is 10.2 Å². The van der Waals surface area contributed by atoms with Gasteiger partial charge in [0.05, 0.1) is 0 Å². The van der Waals surface area contributed by atoms with E-state index in [1.807, 2.05) is 0 Å². The summed E-state index contributed by atoms with van der Waals surface area (Å²) in [6, 6.07) is 0. The number of rotatable bonds is 6. The molecule has 0 amide bonds. The van der Waals surface area contributed by atoms with Gasteiger partial charge in [0, 0.05) is 13.0 Å². The Kier molecular flexibility index (Phi) is 4.93. The molecule has 0 fully saturated rings. The first kappa shape index (κ1) is 10.6. The van der Waals surface area contributed by atoms with Crippen LogP contribution >= 0.6 is 11.3 Å². The molecule has 2 N–H and O–H groups in total. The molecule has 1 heterocycles. The molecule has 13 heavy (non-hydrogen) atoms. The van der Waals surface area contributed by atoms with E-state index < -0.39 is 0 Å². The van der Waals surface area contributed by atoms with Crippen molar-refractivity contribution < 1.29 is 0 Å². The summed E-state index contributed by atoms with van der Waals surface area (Å²) >= 11 is 1.64. The van der Waals surface area contributed by atoms with Gasteiger partial charge in [-0.15, -0.1) is 21.5 Å². The summed E-state index contributed by atoms with van der Waals surface area (Å²) in [6.45, 7) is 2.74. The van der Waals surface area contributed by atoms with Gasteiger partial charge in [-0.25, -0.2) is 0 Å². The van der Waals surface area contributed by atoms with E-state index in [-0.39, 0.29) is 0 Å². The van der Waals surface area contributed by atoms with Crippen molar-refractivity contribution in [3.63, 3.8) is 0 Å². The highest BCUT2D eigenvalue weighted by atomic mass is 32.1. The maximum Gasteiger partial charge on any atom is 0.131 e. The van der Waals surface area contributed by atoms with Gasteiger partial charge in [0.1, 0.15) is 10.0 Å². The summed E-state index contributed by atoms with van der Waals surface area (Å²) in [5, 5.41) is 10.1. The molecule has 0 bridgehead atoms. The van der Waals surface area contributed by atoms with E-state index in [1.165, 1.54) is 25.7 Å². The van der Waals surface area contributed by atoms with Crippen molar-refractivity contribution in [2.75, 3.05) is 0 Å². The van der Waals surface area contributed by atoms with Crippen LogP contribution in [0.4, 0.5) is 0 Å². The Morgan fingerprint density at radius 2 is 1.92 bits per heavy atom. The van der Waals surface area contributed by atoms with Crippen LogP contribution in [0, 0.1) is 0 Å². The average molecular weight is 199 g/mol. The van der Waals surface area contributed by atoms with Crippen LogP contribution in [0.25, 0.3) is 0 Å². The van der Waals surface area contributed by atoms with Crippen molar-refractivity contribution in [2.45, 2.75) is 45.6 Å². The minimum absolute atomic E-state index is 0.520. The highest BCUT2D eigenvalue weighted by Crippen LogP contribution is 2.12. The third-order valence-electron chi connectivity index (χ3n) is 1.93. The average Bonchev–Trinajstić information content (AvgIpc) is 2.60. The van der Waals surface area contributed by atoms with Crippen LogP contribution in [-0.4, -0.2) is 10.2 Å². The van der Waals surface area contributed by atoms with Crippen LogP contribution in [0.2, 0.25) is 0 Å². The fourth-order valence-corrected chi connectivity index (χ4v) is 1.94. The monoisotopic (exact) mass is 199 g/mol. The predicted octanol–water partition coefficient (Wildman–Crippen LogP) is 2.12. The van der Waals surface area contributed by atoms with Gasteiger partial charge in [-0.05, 0) is 6.42 Å². The third-order valence-corrected chi connectivity index (χ3v) is 2.93. The number of aromatic nitrogens is 2. The lowest BCUT2D eigenvalue weighted by molar-refractivity contribution is 0.662. The fraction of sp³-hybridized carbons (Fsp3) is 0.778. The van der Waals surface area contributed by atoms with Gasteiger partial charge >= 0.3 is 0 Å². The SMILES string of the molecule is CCCCCCc1nnc(CN)s1. The standard InChI is InChI=1S/C9H17N3S/c1-2-3-4-5-6-8-11-12-9(7-10)13-8/h2-7,10H2,1H3. The van der Waals surface area contributed by atoms with Crippen molar-refractivity contribution in [1.29, 1.82) is 0 Å². The van der Waals surface area contributed by atoms with Gasteiger partial charge in [-0.2, -0.15) is 0 Å². The Morgan fingerprint density at radius 3 is 2.54 bits per heavy atom. The predicted molar refractivity (Wildman–Crippen MR) is 55.6 cm³/mol. The first-order chi connectivity index (χ1) is 6.36. The Labute approximate surface area is 83.4 Å². The maximum atomic E-state index is 5.45. The zero-order chi connectivity index (χ0) is 9.52. The smallest absolute Gasteiger partial charge is 0.131 e. The minimum Gasteiger partial charge on any atom is -0.324 e. The molecule has 4 heteroatoms. The number of unbranched alkanes of at least 4 members (excludes halogenated alkanes) is 3. The molecule has 0 aliphatic rings. The minimum atomic E-state index is 0.520. The van der Waals surface area contributed by atoms with Crippen LogP contribution in [0.1, 0.15) is 42.6 Å². The summed E-state index contributed by atoms with van der Waals surface area (Å²) in [5.41, 5.74) is 5.45. The summed E-state index contributed by atoms with van der Waals surface area (Å²) in [5.74, 6) is 0. The molecule has 0 aromatic carbocycles. The molecular formula is C9H17N3S. The highest BCUT2D eigenvalue weighted by molar-refractivity contribution is 7.11. The van der Waals surface area contributed by atoms with Crippen molar-refractivity contribution >= 4 is 11.3 Å². The molecular weight excluding hydrogens is 182 g/mol. The Balaban J connectivity index is 2.20.